The number of aromatic nitrogens is 2. The number of nitrogens with zero attached hydrogens (tertiary/aromatic N) is 2. The molecule has 1 N–H and O–H groups in total. The Kier molecular flexibility index (Phi) is 8.64. The highest BCUT2D eigenvalue weighted by molar-refractivity contribution is 7.98. The van der Waals surface area contributed by atoms with Crippen molar-refractivity contribution in [3.63, 3.8) is 0 Å². The lowest BCUT2D eigenvalue weighted by atomic mass is 10.2. The number of hydrogen-bond donors (Lipinski definition) is 1. The normalized spacial score (nSPS) is 10.9. The van der Waals surface area contributed by atoms with E-state index in [0.29, 0.717) is 29.5 Å². The van der Waals surface area contributed by atoms with Crippen LogP contribution in [0.25, 0.3) is 0 Å². The summed E-state index contributed by atoms with van der Waals surface area (Å²) in [5.41, 5.74) is 2.52. The monoisotopic (exact) mass is 377 g/mol. The van der Waals surface area contributed by atoms with E-state index in [1.807, 2.05) is 13.8 Å². The number of ether oxygens (including phenoxy) is 1. The number of carbonyl (C=O) groups excluding carboxylic acids is 1. The van der Waals surface area contributed by atoms with E-state index in [2.05, 4.69) is 22.4 Å². The SMILES string of the molecule is CCCCOCCCNC(=O)c1cccnc1SCc1c(C)noc1C. The van der Waals surface area contributed by atoms with Gasteiger partial charge in [-0.1, -0.05) is 18.5 Å². The van der Waals surface area contributed by atoms with Crippen LogP contribution in [0.15, 0.2) is 27.9 Å². The average Bonchev–Trinajstić information content (AvgIpc) is 2.97. The number of rotatable bonds is 11. The molecule has 0 aromatic carbocycles. The number of thioether (sulfide) groups is 1. The van der Waals surface area contributed by atoms with Gasteiger partial charge in [-0.3, -0.25) is 4.79 Å². The molecule has 0 saturated heterocycles. The standard InChI is InChI=1S/C19H27N3O3S/c1-4-5-11-24-12-7-10-20-18(23)16-8-6-9-21-19(16)26-13-17-14(2)22-25-15(17)3/h6,8-9H,4-5,7,10-13H2,1-3H3,(H,20,23). The third-order valence-electron chi connectivity index (χ3n) is 3.94. The van der Waals surface area contributed by atoms with Gasteiger partial charge in [-0.05, 0) is 38.8 Å². The Morgan fingerprint density at radius 1 is 1.31 bits per heavy atom. The number of aryl methyl sites for hydroxylation is 2. The Morgan fingerprint density at radius 3 is 2.85 bits per heavy atom. The lowest BCUT2D eigenvalue weighted by Crippen LogP contribution is -2.26. The minimum absolute atomic E-state index is 0.104. The minimum atomic E-state index is -0.104. The highest BCUT2D eigenvalue weighted by Gasteiger charge is 2.15. The molecule has 2 heterocycles. The van der Waals surface area contributed by atoms with E-state index in [0.717, 1.165) is 42.9 Å². The Labute approximate surface area is 159 Å². The number of hydrogen-bond acceptors (Lipinski definition) is 6. The van der Waals surface area contributed by atoms with Crippen LogP contribution in [0.1, 0.15) is 53.6 Å². The third kappa shape index (κ3) is 6.14. The van der Waals surface area contributed by atoms with Gasteiger partial charge in [0.05, 0.1) is 11.3 Å². The number of pyridine rings is 1. The van der Waals surface area contributed by atoms with E-state index in [1.54, 1.807) is 18.3 Å². The van der Waals surface area contributed by atoms with Gasteiger partial charge in [0.25, 0.3) is 5.91 Å². The summed E-state index contributed by atoms with van der Waals surface area (Å²) < 4.78 is 10.7. The topological polar surface area (TPSA) is 77.2 Å². The fraction of sp³-hybridized carbons (Fsp3) is 0.526. The van der Waals surface area contributed by atoms with Crippen LogP contribution in [0.5, 0.6) is 0 Å². The fourth-order valence-corrected chi connectivity index (χ4v) is 3.49. The van der Waals surface area contributed by atoms with Crippen molar-refractivity contribution in [1.29, 1.82) is 0 Å². The Morgan fingerprint density at radius 2 is 2.12 bits per heavy atom. The van der Waals surface area contributed by atoms with E-state index < -0.39 is 0 Å². The Bertz CT molecular complexity index is 684. The van der Waals surface area contributed by atoms with Crippen LogP contribution >= 0.6 is 11.8 Å². The molecule has 0 aliphatic heterocycles. The summed E-state index contributed by atoms with van der Waals surface area (Å²) in [5.74, 6) is 1.37. The molecule has 0 bridgehead atoms. The van der Waals surface area contributed by atoms with Crippen LogP contribution in [0.3, 0.4) is 0 Å². The van der Waals surface area contributed by atoms with E-state index in [4.69, 9.17) is 9.26 Å². The van der Waals surface area contributed by atoms with Crippen molar-refractivity contribution >= 4 is 17.7 Å². The van der Waals surface area contributed by atoms with Crippen LogP contribution in [0.2, 0.25) is 0 Å². The van der Waals surface area contributed by atoms with Crippen LogP contribution in [0.4, 0.5) is 0 Å². The first kappa shape index (κ1) is 20.5. The first-order chi connectivity index (χ1) is 12.6. The van der Waals surface area contributed by atoms with Gasteiger partial charge in [-0.2, -0.15) is 0 Å². The molecule has 142 valence electrons. The zero-order valence-electron chi connectivity index (χ0n) is 15.7. The second-order valence-electron chi connectivity index (χ2n) is 6.02. The zero-order chi connectivity index (χ0) is 18.8. The fourth-order valence-electron chi connectivity index (χ4n) is 2.35. The molecule has 0 fully saturated rings. The summed E-state index contributed by atoms with van der Waals surface area (Å²) in [6.07, 6.45) is 4.71. The first-order valence-corrected chi connectivity index (χ1v) is 9.97. The van der Waals surface area contributed by atoms with Gasteiger partial charge in [0.15, 0.2) is 0 Å². The molecule has 0 aliphatic rings. The average molecular weight is 378 g/mol. The van der Waals surface area contributed by atoms with E-state index in [-0.39, 0.29) is 5.91 Å². The molecular formula is C19H27N3O3S. The van der Waals surface area contributed by atoms with Crippen molar-refractivity contribution < 1.29 is 14.1 Å². The van der Waals surface area contributed by atoms with Crippen molar-refractivity contribution in [3.8, 4) is 0 Å². The molecule has 26 heavy (non-hydrogen) atoms. The largest absolute Gasteiger partial charge is 0.381 e. The first-order valence-electron chi connectivity index (χ1n) is 8.99. The molecule has 0 saturated carbocycles. The third-order valence-corrected chi connectivity index (χ3v) is 4.98. The molecular weight excluding hydrogens is 350 g/mol. The maximum Gasteiger partial charge on any atom is 0.254 e. The number of carbonyl (C=O) groups is 1. The number of unbranched alkanes of at least 4 members (excludes halogenated alkanes) is 1. The quantitative estimate of drug-likeness (QED) is 0.472. The predicted octanol–water partition coefficient (Wildman–Crippen LogP) is 3.92. The summed E-state index contributed by atoms with van der Waals surface area (Å²) in [4.78, 5) is 16.8. The van der Waals surface area contributed by atoms with Crippen molar-refractivity contribution in [3.05, 3.63) is 40.9 Å². The second kappa shape index (κ2) is 11.0. The molecule has 2 aromatic rings. The summed E-state index contributed by atoms with van der Waals surface area (Å²) >= 11 is 1.52. The minimum Gasteiger partial charge on any atom is -0.381 e. The molecule has 0 atom stereocenters. The number of nitrogens with one attached hydrogen (secondary N) is 1. The molecule has 0 aliphatic carbocycles. The Balaban J connectivity index is 1.84. The van der Waals surface area contributed by atoms with E-state index >= 15 is 0 Å². The van der Waals surface area contributed by atoms with Gasteiger partial charge in [0.1, 0.15) is 10.8 Å². The van der Waals surface area contributed by atoms with Crippen molar-refractivity contribution in [2.75, 3.05) is 19.8 Å². The second-order valence-corrected chi connectivity index (χ2v) is 6.99. The summed E-state index contributed by atoms with van der Waals surface area (Å²) in [6.45, 7) is 7.99. The Hall–Kier alpha value is -1.86. The number of amides is 1. The lowest BCUT2D eigenvalue weighted by molar-refractivity contribution is 0.0937. The summed E-state index contributed by atoms with van der Waals surface area (Å²) in [7, 11) is 0. The zero-order valence-corrected chi connectivity index (χ0v) is 16.5. The van der Waals surface area contributed by atoms with E-state index in [9.17, 15) is 4.79 Å². The van der Waals surface area contributed by atoms with Gasteiger partial charge >= 0.3 is 0 Å². The summed E-state index contributed by atoms with van der Waals surface area (Å²) in [5, 5.41) is 7.62. The molecule has 2 aromatic heterocycles. The highest BCUT2D eigenvalue weighted by atomic mass is 32.2. The van der Waals surface area contributed by atoms with Crippen LogP contribution in [0, 0.1) is 13.8 Å². The smallest absolute Gasteiger partial charge is 0.254 e. The van der Waals surface area contributed by atoms with Crippen molar-refractivity contribution in [2.45, 2.75) is 50.8 Å². The van der Waals surface area contributed by atoms with Gasteiger partial charge in [0.2, 0.25) is 0 Å². The van der Waals surface area contributed by atoms with Gasteiger partial charge in [0, 0.05) is 37.3 Å². The maximum atomic E-state index is 12.5. The van der Waals surface area contributed by atoms with Crippen molar-refractivity contribution in [1.82, 2.24) is 15.5 Å². The van der Waals surface area contributed by atoms with E-state index in [1.165, 1.54) is 11.8 Å². The van der Waals surface area contributed by atoms with Crippen molar-refractivity contribution in [2.24, 2.45) is 0 Å². The summed E-state index contributed by atoms with van der Waals surface area (Å²) in [6, 6.07) is 3.58. The van der Waals surface area contributed by atoms with Crippen LogP contribution < -0.4 is 5.32 Å². The van der Waals surface area contributed by atoms with Gasteiger partial charge in [-0.15, -0.1) is 11.8 Å². The maximum absolute atomic E-state index is 12.5. The lowest BCUT2D eigenvalue weighted by Gasteiger charge is -2.09. The van der Waals surface area contributed by atoms with Crippen LogP contribution in [-0.2, 0) is 10.5 Å². The molecule has 0 spiro atoms. The van der Waals surface area contributed by atoms with Gasteiger partial charge < -0.3 is 14.6 Å². The van der Waals surface area contributed by atoms with Crippen LogP contribution in [-0.4, -0.2) is 35.8 Å². The molecule has 1 amide bonds. The molecule has 6 nitrogen and oxygen atoms in total. The van der Waals surface area contributed by atoms with Gasteiger partial charge in [-0.25, -0.2) is 4.98 Å². The molecule has 0 radical (unpaired) electrons. The predicted molar refractivity (Wildman–Crippen MR) is 102 cm³/mol. The molecule has 0 unspecified atom stereocenters. The molecule has 2 rings (SSSR count). The highest BCUT2D eigenvalue weighted by Crippen LogP contribution is 2.27. The molecule has 7 heteroatoms.